The van der Waals surface area contributed by atoms with Crippen LogP contribution in [0.3, 0.4) is 0 Å². The molecule has 0 aliphatic rings. The number of aromatic carboxylic acids is 1. The minimum atomic E-state index is -0.977. The number of rotatable bonds is 8. The van der Waals surface area contributed by atoms with E-state index in [1.165, 1.54) is 19.2 Å². The molecule has 0 bridgehead atoms. The molecular formula is C24H21NO6. The number of nitrogens with zero attached hydrogens (tertiary/aromatic N) is 1. The van der Waals surface area contributed by atoms with E-state index in [4.69, 9.17) is 19.3 Å². The standard InChI is InChI=1S/C24H21NO6/c1-29-21-5-3-4-19(14-25-20-12-10-18(11-13-20)24(28)30-2)22(21)31-15-16-6-8-17(9-7-16)23(26)27/h3-14H,15H2,1-2H3,(H,26,27). The first-order chi connectivity index (χ1) is 15.0. The summed E-state index contributed by atoms with van der Waals surface area (Å²) in [5.41, 5.74) is 2.84. The van der Waals surface area contributed by atoms with Crippen molar-refractivity contribution < 1.29 is 28.9 Å². The number of para-hydroxylation sites is 1. The summed E-state index contributed by atoms with van der Waals surface area (Å²) >= 11 is 0. The molecule has 7 heteroatoms. The fraction of sp³-hybridized carbons (Fsp3) is 0.125. The third kappa shape index (κ3) is 5.48. The lowest BCUT2D eigenvalue weighted by molar-refractivity contribution is 0.0600. The molecule has 0 atom stereocenters. The highest BCUT2D eigenvalue weighted by molar-refractivity contribution is 5.90. The second-order valence-corrected chi connectivity index (χ2v) is 6.47. The van der Waals surface area contributed by atoms with Gasteiger partial charge in [-0.1, -0.05) is 18.2 Å². The molecule has 0 aliphatic heterocycles. The summed E-state index contributed by atoms with van der Waals surface area (Å²) in [5.74, 6) is -0.319. The van der Waals surface area contributed by atoms with Gasteiger partial charge >= 0.3 is 11.9 Å². The second kappa shape index (κ2) is 10.1. The lowest BCUT2D eigenvalue weighted by Gasteiger charge is -2.13. The molecule has 1 N–H and O–H groups in total. The van der Waals surface area contributed by atoms with Gasteiger partial charge in [-0.05, 0) is 54.1 Å². The predicted octanol–water partition coefficient (Wildman–Crippen LogP) is 4.51. The van der Waals surface area contributed by atoms with Gasteiger partial charge in [0.05, 0.1) is 31.0 Å². The van der Waals surface area contributed by atoms with Crippen LogP contribution in [0.4, 0.5) is 5.69 Å². The Kier molecular flexibility index (Phi) is 7.01. The molecule has 158 valence electrons. The molecule has 0 heterocycles. The maximum absolute atomic E-state index is 11.5. The van der Waals surface area contributed by atoms with E-state index in [0.29, 0.717) is 28.3 Å². The number of methoxy groups -OCH3 is 2. The van der Waals surface area contributed by atoms with Crippen LogP contribution >= 0.6 is 0 Å². The Balaban J connectivity index is 1.79. The van der Waals surface area contributed by atoms with Gasteiger partial charge in [-0.2, -0.15) is 0 Å². The molecule has 0 amide bonds. The number of aliphatic imine (C=N–C) groups is 1. The number of carboxylic acids is 1. The smallest absolute Gasteiger partial charge is 0.337 e. The van der Waals surface area contributed by atoms with Crippen molar-refractivity contribution in [2.45, 2.75) is 6.61 Å². The Morgan fingerprint density at radius 2 is 1.61 bits per heavy atom. The first-order valence-electron chi connectivity index (χ1n) is 9.36. The summed E-state index contributed by atoms with van der Waals surface area (Å²) in [4.78, 5) is 27.0. The quantitative estimate of drug-likeness (QED) is 0.426. The number of hydrogen-bond acceptors (Lipinski definition) is 6. The van der Waals surface area contributed by atoms with Crippen molar-refractivity contribution in [3.05, 3.63) is 89.0 Å². The Bertz CT molecular complexity index is 1090. The van der Waals surface area contributed by atoms with E-state index in [2.05, 4.69) is 4.99 Å². The third-order valence-electron chi connectivity index (χ3n) is 4.45. The van der Waals surface area contributed by atoms with Gasteiger partial charge in [-0.15, -0.1) is 0 Å². The largest absolute Gasteiger partial charge is 0.493 e. The van der Waals surface area contributed by atoms with Gasteiger partial charge < -0.3 is 19.3 Å². The van der Waals surface area contributed by atoms with E-state index >= 15 is 0 Å². The van der Waals surface area contributed by atoms with Crippen LogP contribution in [0.2, 0.25) is 0 Å². The molecule has 7 nitrogen and oxygen atoms in total. The third-order valence-corrected chi connectivity index (χ3v) is 4.45. The molecule has 0 radical (unpaired) electrons. The van der Waals surface area contributed by atoms with E-state index in [1.807, 2.05) is 12.1 Å². The van der Waals surface area contributed by atoms with Crippen molar-refractivity contribution in [3.8, 4) is 11.5 Å². The fourth-order valence-electron chi connectivity index (χ4n) is 2.79. The van der Waals surface area contributed by atoms with Gasteiger partial charge in [0.15, 0.2) is 11.5 Å². The Morgan fingerprint density at radius 3 is 2.23 bits per heavy atom. The lowest BCUT2D eigenvalue weighted by atomic mass is 10.1. The van der Waals surface area contributed by atoms with Crippen LogP contribution in [-0.4, -0.2) is 37.5 Å². The summed E-state index contributed by atoms with van der Waals surface area (Å²) in [5, 5.41) is 9.01. The van der Waals surface area contributed by atoms with Crippen LogP contribution < -0.4 is 9.47 Å². The van der Waals surface area contributed by atoms with Crippen LogP contribution in [0.5, 0.6) is 11.5 Å². The molecule has 0 unspecified atom stereocenters. The summed E-state index contributed by atoms with van der Waals surface area (Å²) in [7, 11) is 2.88. The second-order valence-electron chi connectivity index (χ2n) is 6.47. The van der Waals surface area contributed by atoms with Crippen LogP contribution in [0.25, 0.3) is 0 Å². The molecule has 3 aromatic carbocycles. The van der Waals surface area contributed by atoms with Crippen molar-refractivity contribution in [2.75, 3.05) is 14.2 Å². The number of carbonyl (C=O) groups is 2. The van der Waals surface area contributed by atoms with E-state index in [0.717, 1.165) is 5.56 Å². The summed E-state index contributed by atoms with van der Waals surface area (Å²) < 4.78 is 16.1. The van der Waals surface area contributed by atoms with Crippen molar-refractivity contribution in [2.24, 2.45) is 4.99 Å². The summed E-state index contributed by atoms with van der Waals surface area (Å²) in [6.07, 6.45) is 1.65. The zero-order valence-electron chi connectivity index (χ0n) is 17.1. The SMILES string of the molecule is COC(=O)c1ccc(N=Cc2cccc(OC)c2OCc2ccc(C(=O)O)cc2)cc1. The molecule has 3 rings (SSSR count). The molecule has 0 saturated heterocycles. The highest BCUT2D eigenvalue weighted by atomic mass is 16.5. The molecule has 0 aromatic heterocycles. The van der Waals surface area contributed by atoms with Crippen molar-refractivity contribution in [3.63, 3.8) is 0 Å². The highest BCUT2D eigenvalue weighted by Crippen LogP contribution is 2.31. The van der Waals surface area contributed by atoms with Crippen molar-refractivity contribution in [1.29, 1.82) is 0 Å². The Labute approximate surface area is 179 Å². The number of esters is 1. The van der Waals surface area contributed by atoms with Crippen LogP contribution in [-0.2, 0) is 11.3 Å². The van der Waals surface area contributed by atoms with Gasteiger partial charge in [-0.3, -0.25) is 4.99 Å². The predicted molar refractivity (Wildman–Crippen MR) is 116 cm³/mol. The average molecular weight is 419 g/mol. The van der Waals surface area contributed by atoms with Gasteiger partial charge in [0.25, 0.3) is 0 Å². The number of carbonyl (C=O) groups excluding carboxylic acids is 1. The number of benzene rings is 3. The summed E-state index contributed by atoms with van der Waals surface area (Å²) in [6, 6.07) is 18.6. The lowest BCUT2D eigenvalue weighted by Crippen LogP contribution is -2.02. The zero-order valence-corrected chi connectivity index (χ0v) is 17.1. The zero-order chi connectivity index (χ0) is 22.2. The first-order valence-corrected chi connectivity index (χ1v) is 9.36. The average Bonchev–Trinajstić information content (AvgIpc) is 2.81. The van der Waals surface area contributed by atoms with Gasteiger partial charge in [-0.25, -0.2) is 9.59 Å². The van der Waals surface area contributed by atoms with Gasteiger partial charge in [0.2, 0.25) is 0 Å². The number of carboxylic acid groups (broad SMARTS) is 1. The molecule has 0 saturated carbocycles. The van der Waals surface area contributed by atoms with Crippen LogP contribution in [0.1, 0.15) is 31.8 Å². The Morgan fingerprint density at radius 1 is 0.935 bits per heavy atom. The molecular weight excluding hydrogens is 398 g/mol. The monoisotopic (exact) mass is 419 g/mol. The Hall–Kier alpha value is -4.13. The van der Waals surface area contributed by atoms with E-state index in [-0.39, 0.29) is 12.2 Å². The van der Waals surface area contributed by atoms with Crippen LogP contribution in [0, 0.1) is 0 Å². The van der Waals surface area contributed by atoms with Gasteiger partial charge in [0, 0.05) is 11.8 Å². The molecule has 3 aromatic rings. The molecule has 31 heavy (non-hydrogen) atoms. The fourth-order valence-corrected chi connectivity index (χ4v) is 2.79. The van der Waals surface area contributed by atoms with E-state index in [1.54, 1.807) is 55.8 Å². The van der Waals surface area contributed by atoms with E-state index < -0.39 is 11.9 Å². The minimum Gasteiger partial charge on any atom is -0.493 e. The summed E-state index contributed by atoms with van der Waals surface area (Å²) in [6.45, 7) is 0.231. The maximum atomic E-state index is 11.5. The topological polar surface area (TPSA) is 94.4 Å². The minimum absolute atomic E-state index is 0.215. The molecule has 0 aliphatic carbocycles. The van der Waals surface area contributed by atoms with Crippen molar-refractivity contribution in [1.82, 2.24) is 0 Å². The normalized spacial score (nSPS) is 10.6. The van der Waals surface area contributed by atoms with Gasteiger partial charge in [0.1, 0.15) is 6.61 Å². The molecule has 0 spiro atoms. The van der Waals surface area contributed by atoms with Crippen molar-refractivity contribution >= 4 is 23.8 Å². The van der Waals surface area contributed by atoms with E-state index in [9.17, 15) is 9.59 Å². The number of hydrogen-bond donors (Lipinski definition) is 1. The molecule has 0 fully saturated rings. The number of ether oxygens (including phenoxy) is 3. The first kappa shape index (κ1) is 21.6. The van der Waals surface area contributed by atoms with Crippen LogP contribution in [0.15, 0.2) is 71.7 Å². The maximum Gasteiger partial charge on any atom is 0.337 e. The highest BCUT2D eigenvalue weighted by Gasteiger charge is 2.11.